The van der Waals surface area contributed by atoms with Crippen molar-refractivity contribution < 1.29 is 22.7 Å². The van der Waals surface area contributed by atoms with Crippen molar-refractivity contribution in [3.05, 3.63) is 88.9 Å². The number of likely N-dealkylation sites (N-methyl/N-ethyl adjacent to an activating group) is 1. The molecule has 0 fully saturated rings. The molecule has 0 aliphatic rings. The monoisotopic (exact) mass is 557 g/mol. The van der Waals surface area contributed by atoms with Crippen LogP contribution in [-0.2, 0) is 26.2 Å². The molecule has 2 amide bonds. The number of halogens is 1. The van der Waals surface area contributed by atoms with Gasteiger partial charge in [0.2, 0.25) is 11.8 Å². The first-order valence-electron chi connectivity index (χ1n) is 12.1. The lowest BCUT2D eigenvalue weighted by atomic mass is 10.1. The van der Waals surface area contributed by atoms with Crippen molar-refractivity contribution in [2.24, 2.45) is 0 Å². The molecular formula is C28H32ClN3O5S. The number of aryl methyl sites for hydroxylation is 1. The minimum atomic E-state index is -4.13. The highest BCUT2D eigenvalue weighted by atomic mass is 35.5. The summed E-state index contributed by atoms with van der Waals surface area (Å²) in [5.41, 5.74) is 1.94. The predicted molar refractivity (Wildman–Crippen MR) is 149 cm³/mol. The molecule has 0 saturated heterocycles. The first kappa shape index (κ1) is 29.0. The van der Waals surface area contributed by atoms with Gasteiger partial charge in [-0.15, -0.1) is 0 Å². The van der Waals surface area contributed by atoms with Gasteiger partial charge in [0.1, 0.15) is 18.3 Å². The number of nitrogens with one attached hydrogen (secondary N) is 1. The molecule has 3 aromatic rings. The maximum absolute atomic E-state index is 13.8. The fourth-order valence-corrected chi connectivity index (χ4v) is 5.35. The molecule has 1 atom stereocenters. The largest absolute Gasteiger partial charge is 0.497 e. The second-order valence-electron chi connectivity index (χ2n) is 8.74. The molecule has 0 radical (unpaired) electrons. The SMILES string of the molecule is CCNC(=O)[C@H](C)N(Cc1ccc(Cl)cc1)C(=O)CN(c1ccc(OC)cc1)S(=O)(=O)c1ccc(C)cc1. The zero-order valence-electron chi connectivity index (χ0n) is 21.8. The van der Waals surface area contributed by atoms with Crippen LogP contribution in [0.1, 0.15) is 25.0 Å². The molecule has 8 nitrogen and oxygen atoms in total. The fraction of sp³-hybridized carbons (Fsp3) is 0.286. The predicted octanol–water partition coefficient (Wildman–Crippen LogP) is 4.41. The summed E-state index contributed by atoms with van der Waals surface area (Å²) in [6, 6.07) is 18.9. The van der Waals surface area contributed by atoms with E-state index in [-0.39, 0.29) is 23.0 Å². The Bertz CT molecular complexity index is 1340. The molecule has 0 saturated carbocycles. The van der Waals surface area contributed by atoms with Crippen LogP contribution in [-0.4, -0.2) is 51.4 Å². The molecule has 0 unspecified atom stereocenters. The van der Waals surface area contributed by atoms with Crippen molar-refractivity contribution in [2.45, 2.75) is 38.3 Å². The second kappa shape index (κ2) is 12.8. The van der Waals surface area contributed by atoms with E-state index in [1.54, 1.807) is 74.5 Å². The molecule has 3 rings (SSSR count). The van der Waals surface area contributed by atoms with Gasteiger partial charge in [-0.1, -0.05) is 41.4 Å². The van der Waals surface area contributed by atoms with Gasteiger partial charge in [-0.2, -0.15) is 0 Å². The van der Waals surface area contributed by atoms with Gasteiger partial charge in [0, 0.05) is 18.1 Å². The summed E-state index contributed by atoms with van der Waals surface area (Å²) in [6.07, 6.45) is 0. The highest BCUT2D eigenvalue weighted by molar-refractivity contribution is 7.92. The fourth-order valence-electron chi connectivity index (χ4n) is 3.81. The molecule has 1 N–H and O–H groups in total. The molecule has 10 heteroatoms. The number of anilines is 1. The third-order valence-corrected chi connectivity index (χ3v) is 8.07. The number of carbonyl (C=O) groups excluding carboxylic acids is 2. The summed E-state index contributed by atoms with van der Waals surface area (Å²) in [5, 5.41) is 3.27. The van der Waals surface area contributed by atoms with Crippen LogP contribution < -0.4 is 14.4 Å². The lowest BCUT2D eigenvalue weighted by molar-refractivity contribution is -0.139. The van der Waals surface area contributed by atoms with Crippen LogP contribution in [0.25, 0.3) is 0 Å². The molecule has 0 aliphatic heterocycles. The molecule has 0 aromatic heterocycles. The molecule has 0 spiro atoms. The van der Waals surface area contributed by atoms with Gasteiger partial charge in [-0.25, -0.2) is 8.42 Å². The Balaban J connectivity index is 2.02. The molecule has 38 heavy (non-hydrogen) atoms. The van der Waals surface area contributed by atoms with Crippen LogP contribution in [0.15, 0.2) is 77.7 Å². The van der Waals surface area contributed by atoms with Gasteiger partial charge in [-0.05, 0) is 74.9 Å². The summed E-state index contributed by atoms with van der Waals surface area (Å²) in [6.45, 7) is 5.24. The maximum Gasteiger partial charge on any atom is 0.264 e. The van der Waals surface area contributed by atoms with E-state index < -0.39 is 28.5 Å². The Labute approximate surface area is 229 Å². The number of rotatable bonds is 11. The molecule has 0 heterocycles. The highest BCUT2D eigenvalue weighted by Gasteiger charge is 2.32. The van der Waals surface area contributed by atoms with Crippen molar-refractivity contribution in [2.75, 3.05) is 24.5 Å². The number of ether oxygens (including phenoxy) is 1. The van der Waals surface area contributed by atoms with E-state index in [4.69, 9.17) is 16.3 Å². The molecule has 0 bridgehead atoms. The normalized spacial score (nSPS) is 11.9. The van der Waals surface area contributed by atoms with E-state index in [0.717, 1.165) is 15.4 Å². The Kier molecular flexibility index (Phi) is 9.77. The summed E-state index contributed by atoms with van der Waals surface area (Å²) < 4.78 is 33.8. The third kappa shape index (κ3) is 7.05. The topological polar surface area (TPSA) is 96.0 Å². The van der Waals surface area contributed by atoms with Crippen LogP contribution in [0, 0.1) is 6.92 Å². The molecular weight excluding hydrogens is 526 g/mol. The first-order chi connectivity index (χ1) is 18.1. The number of methoxy groups -OCH3 is 1. The van der Waals surface area contributed by atoms with Crippen LogP contribution in [0.5, 0.6) is 5.75 Å². The van der Waals surface area contributed by atoms with Crippen LogP contribution in [0.2, 0.25) is 5.02 Å². The molecule has 0 aliphatic carbocycles. The van der Waals surface area contributed by atoms with E-state index in [1.165, 1.54) is 24.1 Å². The summed E-state index contributed by atoms with van der Waals surface area (Å²) in [7, 11) is -2.62. The van der Waals surface area contributed by atoms with Gasteiger partial charge < -0.3 is 15.0 Å². The Morgan fingerprint density at radius 3 is 2.13 bits per heavy atom. The summed E-state index contributed by atoms with van der Waals surface area (Å²) in [4.78, 5) is 27.9. The van der Waals surface area contributed by atoms with Crippen molar-refractivity contribution in [1.82, 2.24) is 10.2 Å². The van der Waals surface area contributed by atoms with Crippen LogP contribution >= 0.6 is 11.6 Å². The standard InChI is InChI=1S/C28H32ClN3O5S/c1-5-30-28(34)21(3)31(18-22-8-10-23(29)11-9-22)27(33)19-32(24-12-14-25(37-4)15-13-24)38(35,36)26-16-6-20(2)7-17-26/h6-17,21H,5,18-19H2,1-4H3,(H,30,34)/t21-/m0/s1. The quantitative estimate of drug-likeness (QED) is 0.377. The van der Waals surface area contributed by atoms with E-state index in [9.17, 15) is 18.0 Å². The summed E-state index contributed by atoms with van der Waals surface area (Å²) in [5.74, 6) is -0.334. The number of hydrogen-bond acceptors (Lipinski definition) is 5. The third-order valence-electron chi connectivity index (χ3n) is 6.03. The number of benzene rings is 3. The first-order valence-corrected chi connectivity index (χ1v) is 13.9. The number of nitrogens with zero attached hydrogens (tertiary/aromatic N) is 2. The lowest BCUT2D eigenvalue weighted by Crippen LogP contribution is -2.51. The molecule has 202 valence electrons. The van der Waals surface area contributed by atoms with Gasteiger partial charge in [-0.3, -0.25) is 13.9 Å². The van der Waals surface area contributed by atoms with E-state index >= 15 is 0 Å². The minimum absolute atomic E-state index is 0.0488. The second-order valence-corrected chi connectivity index (χ2v) is 11.0. The van der Waals surface area contributed by atoms with Crippen LogP contribution in [0.4, 0.5) is 5.69 Å². The Hall–Kier alpha value is -3.56. The van der Waals surface area contributed by atoms with Gasteiger partial charge in [0.05, 0.1) is 17.7 Å². The van der Waals surface area contributed by atoms with Gasteiger partial charge >= 0.3 is 0 Å². The van der Waals surface area contributed by atoms with Crippen molar-refractivity contribution in [3.63, 3.8) is 0 Å². The van der Waals surface area contributed by atoms with Gasteiger partial charge in [0.15, 0.2) is 0 Å². The van der Waals surface area contributed by atoms with Gasteiger partial charge in [0.25, 0.3) is 10.0 Å². The summed E-state index contributed by atoms with van der Waals surface area (Å²) >= 11 is 6.01. The number of amides is 2. The zero-order valence-corrected chi connectivity index (χ0v) is 23.4. The van der Waals surface area contributed by atoms with E-state index in [0.29, 0.717) is 17.3 Å². The van der Waals surface area contributed by atoms with Crippen molar-refractivity contribution >= 4 is 39.1 Å². The van der Waals surface area contributed by atoms with E-state index in [1.807, 2.05) is 6.92 Å². The maximum atomic E-state index is 13.8. The van der Waals surface area contributed by atoms with Crippen LogP contribution in [0.3, 0.4) is 0 Å². The van der Waals surface area contributed by atoms with Crippen molar-refractivity contribution in [3.8, 4) is 5.75 Å². The van der Waals surface area contributed by atoms with E-state index in [2.05, 4.69) is 5.32 Å². The Morgan fingerprint density at radius 2 is 1.58 bits per heavy atom. The number of carbonyl (C=O) groups is 2. The molecule has 3 aromatic carbocycles. The average molecular weight is 558 g/mol. The average Bonchev–Trinajstić information content (AvgIpc) is 2.91. The number of hydrogen-bond donors (Lipinski definition) is 1. The Morgan fingerprint density at radius 1 is 0.974 bits per heavy atom. The lowest BCUT2D eigenvalue weighted by Gasteiger charge is -2.32. The minimum Gasteiger partial charge on any atom is -0.497 e. The number of sulfonamides is 1. The zero-order chi connectivity index (χ0) is 27.9. The highest BCUT2D eigenvalue weighted by Crippen LogP contribution is 2.27. The smallest absolute Gasteiger partial charge is 0.264 e. The van der Waals surface area contributed by atoms with Crippen molar-refractivity contribution in [1.29, 1.82) is 0 Å².